The number of rotatable bonds is 7. The van der Waals surface area contributed by atoms with Gasteiger partial charge in [-0.2, -0.15) is 5.10 Å². The monoisotopic (exact) mass is 443 g/mol. The van der Waals surface area contributed by atoms with E-state index in [1.807, 2.05) is 35.0 Å². The number of imide groups is 1. The van der Waals surface area contributed by atoms with Crippen molar-refractivity contribution >= 4 is 28.4 Å². The van der Waals surface area contributed by atoms with E-state index in [1.54, 1.807) is 0 Å². The Bertz CT molecular complexity index is 1260. The Morgan fingerprint density at radius 3 is 2.55 bits per heavy atom. The number of aromatic nitrogens is 2. The van der Waals surface area contributed by atoms with Crippen LogP contribution in [-0.2, 0) is 28.1 Å². The molecule has 1 atom stereocenters. The highest BCUT2D eigenvalue weighted by Crippen LogP contribution is 2.48. The molecule has 0 bridgehead atoms. The van der Waals surface area contributed by atoms with Gasteiger partial charge in [0.1, 0.15) is 11.2 Å². The van der Waals surface area contributed by atoms with Crippen molar-refractivity contribution in [3.63, 3.8) is 0 Å². The summed E-state index contributed by atoms with van der Waals surface area (Å²) in [5, 5.41) is 9.56. The average molecular weight is 444 g/mol. The molecule has 2 amide bonds. The second kappa shape index (κ2) is 8.15. The fraction of sp³-hybridized carbons (Fsp3) is 0.346. The van der Waals surface area contributed by atoms with Crippen molar-refractivity contribution in [2.24, 2.45) is 0 Å². The van der Waals surface area contributed by atoms with Crippen molar-refractivity contribution in [1.29, 1.82) is 0 Å². The van der Waals surface area contributed by atoms with Crippen molar-refractivity contribution in [2.45, 2.75) is 31.8 Å². The number of carbonyl (C=O) groups excluding carboxylic acids is 2. The SMILES string of the molecule is CCc1cccc2c1C(c1nn(CCCN(C)C)c3ccccc13)(N1C(=O)C=CC1=O)CN2. The van der Waals surface area contributed by atoms with E-state index in [2.05, 4.69) is 43.4 Å². The van der Waals surface area contributed by atoms with Crippen molar-refractivity contribution < 1.29 is 9.59 Å². The predicted molar refractivity (Wildman–Crippen MR) is 129 cm³/mol. The molecule has 2 aromatic carbocycles. The molecule has 170 valence electrons. The summed E-state index contributed by atoms with van der Waals surface area (Å²) < 4.78 is 2.03. The van der Waals surface area contributed by atoms with E-state index >= 15 is 0 Å². The van der Waals surface area contributed by atoms with Gasteiger partial charge < -0.3 is 10.2 Å². The molecule has 7 nitrogen and oxygen atoms in total. The zero-order valence-electron chi connectivity index (χ0n) is 19.3. The Hall–Kier alpha value is -3.45. The van der Waals surface area contributed by atoms with Gasteiger partial charge >= 0.3 is 0 Å². The lowest BCUT2D eigenvalue weighted by Crippen LogP contribution is -2.52. The maximum Gasteiger partial charge on any atom is 0.254 e. The van der Waals surface area contributed by atoms with Gasteiger partial charge in [0.2, 0.25) is 0 Å². The molecule has 3 heterocycles. The van der Waals surface area contributed by atoms with E-state index in [-0.39, 0.29) is 11.8 Å². The molecule has 1 unspecified atom stereocenters. The van der Waals surface area contributed by atoms with Crippen LogP contribution in [0, 0.1) is 0 Å². The highest BCUT2D eigenvalue weighted by Gasteiger charge is 2.54. The van der Waals surface area contributed by atoms with Crippen LogP contribution < -0.4 is 5.32 Å². The van der Waals surface area contributed by atoms with Gasteiger partial charge in [-0.05, 0) is 51.2 Å². The molecular formula is C26H29N5O2. The molecule has 0 radical (unpaired) electrons. The number of benzene rings is 2. The van der Waals surface area contributed by atoms with E-state index in [4.69, 9.17) is 5.10 Å². The fourth-order valence-electron chi connectivity index (χ4n) is 5.26. The number of amides is 2. The molecule has 1 aromatic heterocycles. The number of fused-ring (bicyclic) bond motifs is 2. The third kappa shape index (κ3) is 3.26. The highest BCUT2D eigenvalue weighted by molar-refractivity contribution is 6.14. The van der Waals surface area contributed by atoms with Gasteiger partial charge in [-0.1, -0.05) is 37.3 Å². The minimum absolute atomic E-state index is 0.299. The molecule has 0 saturated heterocycles. The summed E-state index contributed by atoms with van der Waals surface area (Å²) in [7, 11) is 4.12. The lowest BCUT2D eigenvalue weighted by molar-refractivity contribution is -0.142. The number of hydrogen-bond donors (Lipinski definition) is 1. The van der Waals surface area contributed by atoms with Gasteiger partial charge in [0.05, 0.1) is 5.52 Å². The van der Waals surface area contributed by atoms with Crippen molar-refractivity contribution in [1.82, 2.24) is 19.6 Å². The van der Waals surface area contributed by atoms with E-state index in [9.17, 15) is 9.59 Å². The van der Waals surface area contributed by atoms with Crippen LogP contribution in [-0.4, -0.2) is 58.6 Å². The first-order valence-corrected chi connectivity index (χ1v) is 11.5. The van der Waals surface area contributed by atoms with Crippen LogP contribution in [0.4, 0.5) is 5.69 Å². The van der Waals surface area contributed by atoms with Crippen LogP contribution >= 0.6 is 0 Å². The number of hydrogen-bond acceptors (Lipinski definition) is 5. The Morgan fingerprint density at radius 1 is 1.06 bits per heavy atom. The van der Waals surface area contributed by atoms with Crippen molar-refractivity contribution in [2.75, 3.05) is 32.5 Å². The third-order valence-corrected chi connectivity index (χ3v) is 6.70. The van der Waals surface area contributed by atoms with Crippen LogP contribution in [0.1, 0.15) is 30.2 Å². The minimum Gasteiger partial charge on any atom is -0.382 e. The number of carbonyl (C=O) groups is 2. The number of para-hydroxylation sites is 1. The second-order valence-electron chi connectivity index (χ2n) is 9.00. The Labute approximate surface area is 193 Å². The first-order valence-electron chi connectivity index (χ1n) is 11.5. The lowest BCUT2D eigenvalue weighted by Gasteiger charge is -2.37. The largest absolute Gasteiger partial charge is 0.382 e. The molecule has 0 saturated carbocycles. The van der Waals surface area contributed by atoms with Crippen LogP contribution in [0.5, 0.6) is 0 Å². The Kier molecular flexibility index (Phi) is 5.29. The topological polar surface area (TPSA) is 70.5 Å². The number of nitrogens with one attached hydrogen (secondary N) is 1. The predicted octanol–water partition coefficient (Wildman–Crippen LogP) is 3.14. The summed E-state index contributed by atoms with van der Waals surface area (Å²) in [5.74, 6) is -0.599. The number of anilines is 1. The molecule has 0 fully saturated rings. The quantitative estimate of drug-likeness (QED) is 0.568. The lowest BCUT2D eigenvalue weighted by atomic mass is 9.81. The van der Waals surface area contributed by atoms with Gasteiger partial charge in [0.15, 0.2) is 0 Å². The molecule has 1 N–H and O–H groups in total. The zero-order chi connectivity index (χ0) is 23.2. The maximum atomic E-state index is 13.1. The van der Waals surface area contributed by atoms with E-state index in [0.29, 0.717) is 6.54 Å². The average Bonchev–Trinajstić information content (AvgIpc) is 3.48. The minimum atomic E-state index is -1.01. The van der Waals surface area contributed by atoms with Crippen LogP contribution in [0.15, 0.2) is 54.6 Å². The van der Waals surface area contributed by atoms with Crippen LogP contribution in [0.25, 0.3) is 10.9 Å². The van der Waals surface area contributed by atoms with E-state index in [0.717, 1.165) is 59.3 Å². The highest BCUT2D eigenvalue weighted by atomic mass is 16.2. The Morgan fingerprint density at radius 2 is 1.82 bits per heavy atom. The first kappa shape index (κ1) is 21.4. The Balaban J connectivity index is 1.76. The molecule has 3 aromatic rings. The van der Waals surface area contributed by atoms with Gasteiger partial charge in [-0.25, -0.2) is 0 Å². The molecule has 5 rings (SSSR count). The molecule has 0 aliphatic carbocycles. The van der Waals surface area contributed by atoms with Gasteiger partial charge in [0.25, 0.3) is 11.8 Å². The van der Waals surface area contributed by atoms with Gasteiger partial charge in [0, 0.05) is 41.9 Å². The standard InChI is InChI=1S/C26H29N5O2/c1-4-18-9-7-11-20-24(18)26(17-27-20,31-22(32)13-14-23(31)33)25-19-10-5-6-12-21(19)30(28-25)16-8-15-29(2)3/h5-7,9-14,27H,4,8,15-17H2,1-3H3. The van der Waals surface area contributed by atoms with Crippen molar-refractivity contribution in [3.05, 3.63) is 71.4 Å². The maximum absolute atomic E-state index is 13.1. The van der Waals surface area contributed by atoms with Gasteiger partial charge in [-0.15, -0.1) is 0 Å². The molecule has 33 heavy (non-hydrogen) atoms. The summed E-state index contributed by atoms with van der Waals surface area (Å²) in [6.45, 7) is 4.20. The summed E-state index contributed by atoms with van der Waals surface area (Å²) in [5.41, 5.74) is 3.79. The third-order valence-electron chi connectivity index (χ3n) is 6.70. The van der Waals surface area contributed by atoms with E-state index < -0.39 is 5.54 Å². The summed E-state index contributed by atoms with van der Waals surface area (Å²) in [6.07, 6.45) is 4.47. The molecule has 7 heteroatoms. The second-order valence-corrected chi connectivity index (χ2v) is 9.00. The molecule has 0 spiro atoms. The fourth-order valence-corrected chi connectivity index (χ4v) is 5.26. The normalized spacial score (nSPS) is 19.7. The van der Waals surface area contributed by atoms with Gasteiger partial charge in [-0.3, -0.25) is 19.2 Å². The van der Waals surface area contributed by atoms with Crippen molar-refractivity contribution in [3.8, 4) is 0 Å². The molecule has 2 aliphatic rings. The first-order chi connectivity index (χ1) is 16.0. The number of nitrogens with zero attached hydrogens (tertiary/aromatic N) is 4. The summed E-state index contributed by atoms with van der Waals surface area (Å²) in [4.78, 5) is 29.8. The number of aryl methyl sites for hydroxylation is 2. The summed E-state index contributed by atoms with van der Waals surface area (Å²) >= 11 is 0. The van der Waals surface area contributed by atoms with Crippen LogP contribution in [0.3, 0.4) is 0 Å². The summed E-state index contributed by atoms with van der Waals surface area (Å²) in [6, 6.07) is 14.2. The molecular weight excluding hydrogens is 414 g/mol. The smallest absolute Gasteiger partial charge is 0.254 e. The zero-order valence-corrected chi connectivity index (χ0v) is 19.3. The molecule has 2 aliphatic heterocycles. The van der Waals surface area contributed by atoms with Crippen LogP contribution in [0.2, 0.25) is 0 Å². The van der Waals surface area contributed by atoms with E-state index in [1.165, 1.54) is 17.1 Å².